The molecule has 1 atom stereocenters. The Kier molecular flexibility index (Phi) is 26.3. The Hall–Kier alpha value is -2.56. The van der Waals surface area contributed by atoms with Gasteiger partial charge in [0.2, 0.25) is 0 Å². The first-order chi connectivity index (χ1) is 27.1. The number of hydrogen-bond donors (Lipinski definition) is 5. The summed E-state index contributed by atoms with van der Waals surface area (Å²) in [4.78, 5) is 70.4. The van der Waals surface area contributed by atoms with Gasteiger partial charge in [-0.1, -0.05) is 109 Å². The Labute approximate surface area is 370 Å². The van der Waals surface area contributed by atoms with E-state index in [4.69, 9.17) is 0 Å². The van der Waals surface area contributed by atoms with Gasteiger partial charge in [0.15, 0.2) is 0 Å². The molecular weight excluding hydrogens is 874 g/mol. The number of aromatic nitrogens is 1. The Bertz CT molecular complexity index is 1490. The molecule has 0 aliphatic carbocycles. The molecule has 1 aliphatic heterocycles. The van der Waals surface area contributed by atoms with Crippen LogP contribution in [0.3, 0.4) is 0 Å². The number of hydrogen-bond acceptors (Lipinski definition) is 11. The molecule has 0 saturated heterocycles. The van der Waals surface area contributed by atoms with Crippen LogP contribution in [0.4, 0.5) is 11.4 Å². The number of carboxylic acids is 3. The van der Waals surface area contributed by atoms with Crippen molar-refractivity contribution in [2.45, 2.75) is 142 Å². The zero-order valence-electron chi connectivity index (χ0n) is 34.1. The van der Waals surface area contributed by atoms with E-state index in [1.807, 2.05) is 6.07 Å². The Morgan fingerprint density at radius 1 is 0.632 bits per heavy atom. The molecule has 1 radical (unpaired) electrons. The predicted octanol–water partition coefficient (Wildman–Crippen LogP) is 5.79. The molecule has 2 bridgehead atoms. The molecule has 57 heavy (non-hydrogen) atoms. The van der Waals surface area contributed by atoms with Crippen molar-refractivity contribution in [2.24, 2.45) is 0 Å². The second-order valence-corrected chi connectivity index (χ2v) is 15.4. The number of aliphatic carboxylic acids is 3. The average Bonchev–Trinajstić information content (AvgIpc) is 3.15. The molecule has 0 spiro atoms. The van der Waals surface area contributed by atoms with E-state index in [0.717, 1.165) is 19.3 Å². The standard InChI is InChI=1S/C42H68N6O8.Gd/c1-2-3-4-5-6-7-8-9-10-11-12-13-14-15-16-17-23-43-38-39(41(54)40(38)53)44-24-19-22-35(42(55)56)48-27-25-46(31-36(49)50)29-33-20-18-21-34(45-33)30-47(26-28-48)32-37(51)52;/h18,20-21,35,43-44H,2-17,19,22-32H2,1H3,(H,49,50)(H,51,52)(H,55,56);/q;+3. The number of anilines is 2. The van der Waals surface area contributed by atoms with Crippen molar-refractivity contribution >= 4 is 29.3 Å². The maximum absolute atomic E-state index is 12.6. The molecule has 1 aromatic carbocycles. The molecule has 0 amide bonds. The first-order valence-corrected chi connectivity index (χ1v) is 21.2. The maximum atomic E-state index is 12.6. The normalized spacial score (nSPS) is 15.0. The van der Waals surface area contributed by atoms with Gasteiger partial charge in [0.25, 0.3) is 10.9 Å². The number of carboxylic acid groups (broad SMARTS) is 3. The number of unbranched alkanes of at least 4 members (excludes halogenated alkanes) is 15. The smallest absolute Gasteiger partial charge is 0.480 e. The Morgan fingerprint density at radius 2 is 1.04 bits per heavy atom. The third-order valence-corrected chi connectivity index (χ3v) is 10.7. The average molecular weight is 942 g/mol. The maximum Gasteiger partial charge on any atom is 3.00 e. The quantitative estimate of drug-likeness (QED) is 0.0487. The molecule has 5 N–H and O–H groups in total. The van der Waals surface area contributed by atoms with Crippen molar-refractivity contribution in [2.75, 3.05) is 63.0 Å². The van der Waals surface area contributed by atoms with Crippen LogP contribution in [0.1, 0.15) is 134 Å². The third kappa shape index (κ3) is 20.3. The van der Waals surface area contributed by atoms with Gasteiger partial charge >= 0.3 is 57.8 Å². The van der Waals surface area contributed by atoms with Crippen LogP contribution < -0.4 is 21.5 Å². The van der Waals surface area contributed by atoms with Gasteiger partial charge in [-0.25, -0.2) is 0 Å². The van der Waals surface area contributed by atoms with Crippen LogP contribution >= 0.6 is 0 Å². The fourth-order valence-electron chi connectivity index (χ4n) is 7.52. The SMILES string of the molecule is CCCCCCCCCCCCCCCCCCNc1c(NCCCC(C(=O)O)N2CCN(CC(=O)O)Cc3cccc(n3)CN(CC(=O)O)CC2)c(=O)c1=O.[Gd+3]. The van der Waals surface area contributed by atoms with Gasteiger partial charge in [0.05, 0.1) is 24.5 Å². The van der Waals surface area contributed by atoms with Crippen LogP contribution in [-0.4, -0.2) is 111 Å². The van der Waals surface area contributed by atoms with Crippen molar-refractivity contribution in [3.05, 3.63) is 50.0 Å². The zero-order valence-corrected chi connectivity index (χ0v) is 36.4. The summed E-state index contributed by atoms with van der Waals surface area (Å²) in [7, 11) is 0. The van der Waals surface area contributed by atoms with Crippen LogP contribution in [0, 0.1) is 39.9 Å². The van der Waals surface area contributed by atoms with E-state index in [0.29, 0.717) is 30.0 Å². The van der Waals surface area contributed by atoms with E-state index in [1.54, 1.807) is 26.8 Å². The van der Waals surface area contributed by atoms with Gasteiger partial charge in [0.1, 0.15) is 17.4 Å². The first kappa shape index (κ1) is 50.6. The van der Waals surface area contributed by atoms with Gasteiger partial charge in [-0.15, -0.1) is 0 Å². The number of pyridine rings is 1. The molecule has 2 heterocycles. The fourth-order valence-corrected chi connectivity index (χ4v) is 7.52. The van der Waals surface area contributed by atoms with E-state index in [-0.39, 0.29) is 111 Å². The number of nitrogens with zero attached hydrogens (tertiary/aromatic N) is 4. The summed E-state index contributed by atoms with van der Waals surface area (Å²) >= 11 is 0. The number of nitrogens with one attached hydrogen (secondary N) is 2. The molecule has 0 saturated carbocycles. The zero-order chi connectivity index (χ0) is 40.5. The number of rotatable bonds is 29. The minimum Gasteiger partial charge on any atom is -0.480 e. The second-order valence-electron chi connectivity index (χ2n) is 15.4. The summed E-state index contributed by atoms with van der Waals surface area (Å²) < 4.78 is 0. The second kappa shape index (κ2) is 29.6. The van der Waals surface area contributed by atoms with Crippen molar-refractivity contribution in [3.63, 3.8) is 0 Å². The van der Waals surface area contributed by atoms with Crippen molar-refractivity contribution in [3.8, 4) is 0 Å². The summed E-state index contributed by atoms with van der Waals surface area (Å²) in [5.74, 6) is -3.06. The largest absolute Gasteiger partial charge is 3.00 e. The third-order valence-electron chi connectivity index (χ3n) is 10.7. The van der Waals surface area contributed by atoms with E-state index >= 15 is 0 Å². The molecule has 1 unspecified atom stereocenters. The Morgan fingerprint density at radius 3 is 1.44 bits per heavy atom. The van der Waals surface area contributed by atoms with E-state index < -0.39 is 34.8 Å². The fraction of sp³-hybridized carbons (Fsp3) is 0.714. The summed E-state index contributed by atoms with van der Waals surface area (Å²) in [5.41, 5.74) is 0.715. The molecule has 3 rings (SSSR count). The van der Waals surface area contributed by atoms with Gasteiger partial charge in [0, 0.05) is 52.4 Å². The van der Waals surface area contributed by atoms with Gasteiger partial charge in [-0.05, 0) is 31.4 Å². The van der Waals surface area contributed by atoms with Gasteiger partial charge < -0.3 is 26.0 Å². The summed E-state index contributed by atoms with van der Waals surface area (Å²) in [5, 5.41) is 35.6. The van der Waals surface area contributed by atoms with E-state index in [2.05, 4.69) is 22.5 Å². The summed E-state index contributed by atoms with van der Waals surface area (Å²) in [6.45, 7) is 4.14. The van der Waals surface area contributed by atoms with Crippen LogP contribution in [0.15, 0.2) is 27.8 Å². The summed E-state index contributed by atoms with van der Waals surface area (Å²) in [6, 6.07) is 4.45. The minimum atomic E-state index is -1.05. The molecule has 15 heteroatoms. The molecule has 319 valence electrons. The summed E-state index contributed by atoms with van der Waals surface area (Å²) in [6.07, 6.45) is 21.1. The molecule has 14 nitrogen and oxygen atoms in total. The topological polar surface area (TPSA) is 193 Å². The first-order valence-electron chi connectivity index (χ1n) is 21.2. The number of carbonyl (C=O) groups is 3. The molecule has 2 aromatic rings. The minimum absolute atomic E-state index is 0. The molecule has 1 aliphatic rings. The van der Waals surface area contributed by atoms with Gasteiger partial charge in [-0.2, -0.15) is 0 Å². The monoisotopic (exact) mass is 942 g/mol. The van der Waals surface area contributed by atoms with Gasteiger partial charge in [-0.3, -0.25) is 43.7 Å². The van der Waals surface area contributed by atoms with Crippen LogP contribution in [0.2, 0.25) is 0 Å². The van der Waals surface area contributed by atoms with Crippen LogP contribution in [0.25, 0.3) is 0 Å². The van der Waals surface area contributed by atoms with Crippen molar-refractivity contribution in [1.29, 1.82) is 0 Å². The molecular formula is C42H68GdN6O8+3. The predicted molar refractivity (Wildman–Crippen MR) is 220 cm³/mol. The Balaban J connectivity index is 0.0000112. The molecule has 0 fully saturated rings. The molecule has 1 aromatic heterocycles. The van der Waals surface area contributed by atoms with E-state index in [9.17, 15) is 39.3 Å². The van der Waals surface area contributed by atoms with Crippen LogP contribution in [0.5, 0.6) is 0 Å². The van der Waals surface area contributed by atoms with Crippen molar-refractivity contribution < 1.29 is 69.6 Å². The number of fused-ring (bicyclic) bond motifs is 2. The van der Waals surface area contributed by atoms with E-state index in [1.165, 1.54) is 83.5 Å². The van der Waals surface area contributed by atoms with Crippen molar-refractivity contribution in [1.82, 2.24) is 19.7 Å². The van der Waals surface area contributed by atoms with Crippen LogP contribution in [-0.2, 0) is 27.5 Å².